The summed E-state index contributed by atoms with van der Waals surface area (Å²) < 4.78 is 6.59. The zero-order chi connectivity index (χ0) is 25.6. The van der Waals surface area contributed by atoms with Gasteiger partial charge in [0.05, 0.1) is 23.7 Å². The van der Waals surface area contributed by atoms with E-state index in [-0.39, 0.29) is 52.5 Å². The Morgan fingerprint density at radius 3 is 2.31 bits per heavy atom. The van der Waals surface area contributed by atoms with Crippen molar-refractivity contribution >= 4 is 5.97 Å². The van der Waals surface area contributed by atoms with Crippen molar-refractivity contribution < 1.29 is 24.9 Å². The lowest BCUT2D eigenvalue weighted by molar-refractivity contribution is -0.280. The van der Waals surface area contributed by atoms with E-state index < -0.39 is 34.1 Å². The molecular formula is C30H46O5. The predicted molar refractivity (Wildman–Crippen MR) is 133 cm³/mol. The Balaban J connectivity index is 1.54. The number of carbonyl (C=O) groups is 1. The third-order valence-electron chi connectivity index (χ3n) is 13.9. The molecule has 1 aliphatic heterocycles. The van der Waals surface area contributed by atoms with Gasteiger partial charge < -0.3 is 20.1 Å². The number of fused-ring (bicyclic) bond motifs is 4. The van der Waals surface area contributed by atoms with Crippen LogP contribution in [0.1, 0.15) is 87.0 Å². The Morgan fingerprint density at radius 2 is 1.63 bits per heavy atom. The lowest BCUT2D eigenvalue weighted by atomic mass is 9.31. The fourth-order valence-corrected chi connectivity index (χ4v) is 11.4. The first-order chi connectivity index (χ1) is 16.1. The molecule has 13 atom stereocenters. The van der Waals surface area contributed by atoms with Crippen molar-refractivity contribution in [1.29, 1.82) is 0 Å². The monoisotopic (exact) mass is 486 g/mol. The summed E-state index contributed by atoms with van der Waals surface area (Å²) in [5, 5.41) is 33.9. The number of allylic oxidation sites excluding steroid dienone is 1. The van der Waals surface area contributed by atoms with Crippen LogP contribution in [0.25, 0.3) is 0 Å². The predicted octanol–water partition coefficient (Wildman–Crippen LogP) is 4.48. The molecule has 5 nitrogen and oxygen atoms in total. The molecule has 5 heteroatoms. The highest BCUT2D eigenvalue weighted by atomic mass is 16.6. The first kappa shape index (κ1) is 24.4. The molecule has 1 heterocycles. The van der Waals surface area contributed by atoms with E-state index in [2.05, 4.69) is 60.6 Å². The number of aliphatic hydroxyl groups is 3. The second kappa shape index (κ2) is 6.74. The Labute approximate surface area is 210 Å². The SMILES string of the molecule is C[C@H]1[C@H](C)[C@@H](O)C[C@@]23CC[C@@]4(C)[C@@]5(C)[C@H](C=C[C@]4(OC2=O)[C@H]13)[C@@]1(C)CC[C@H](O)C(C)(C)[C@@H]1C[C@@H]5O. The third kappa shape index (κ3) is 2.37. The van der Waals surface area contributed by atoms with Gasteiger partial charge >= 0.3 is 5.97 Å². The maximum atomic E-state index is 13.7. The van der Waals surface area contributed by atoms with E-state index in [0.717, 1.165) is 25.7 Å². The number of hydrogen-bond acceptors (Lipinski definition) is 5. The molecule has 0 amide bonds. The molecule has 0 aromatic heterocycles. The van der Waals surface area contributed by atoms with Crippen LogP contribution in [-0.2, 0) is 9.53 Å². The van der Waals surface area contributed by atoms with Gasteiger partial charge in [0.1, 0.15) is 5.60 Å². The molecule has 4 saturated carbocycles. The van der Waals surface area contributed by atoms with E-state index in [1.807, 2.05) is 0 Å². The summed E-state index contributed by atoms with van der Waals surface area (Å²) in [5.41, 5.74) is -2.55. The van der Waals surface area contributed by atoms with Gasteiger partial charge in [-0.2, -0.15) is 0 Å². The molecular weight excluding hydrogens is 440 g/mol. The summed E-state index contributed by atoms with van der Waals surface area (Å²) >= 11 is 0. The number of aliphatic hydroxyl groups excluding tert-OH is 3. The summed E-state index contributed by atoms with van der Waals surface area (Å²) in [6.45, 7) is 15.6. The summed E-state index contributed by atoms with van der Waals surface area (Å²) in [6.07, 6.45) is 7.60. The molecule has 2 bridgehead atoms. The standard InChI is InChI=1S/C30H46O5/c1-16-17(2)23-29(15-18(16)31)13-12-27(6)28(7)19(8-11-30(23,27)35-24(29)34)26(5)10-9-21(32)25(3,4)20(26)14-22(28)33/h8,11,16-23,31-33H,9-10,12-15H2,1-7H3/t16-,17-,18-,19+,20-,21-,22-,23+,26+,27-,28-,29+,30-/m0/s1. The van der Waals surface area contributed by atoms with Crippen LogP contribution in [-0.4, -0.2) is 45.2 Å². The molecule has 1 saturated heterocycles. The van der Waals surface area contributed by atoms with Crippen LogP contribution < -0.4 is 0 Å². The first-order valence-corrected chi connectivity index (χ1v) is 14.1. The minimum absolute atomic E-state index is 0.0102. The maximum absolute atomic E-state index is 13.7. The summed E-state index contributed by atoms with van der Waals surface area (Å²) in [4.78, 5) is 13.7. The van der Waals surface area contributed by atoms with E-state index >= 15 is 0 Å². The van der Waals surface area contributed by atoms with Crippen molar-refractivity contribution in [3.8, 4) is 0 Å². The molecule has 0 aromatic rings. The molecule has 35 heavy (non-hydrogen) atoms. The van der Waals surface area contributed by atoms with Gasteiger partial charge in [0.25, 0.3) is 0 Å². The van der Waals surface area contributed by atoms with Gasteiger partial charge in [-0.1, -0.05) is 54.5 Å². The zero-order valence-electron chi connectivity index (χ0n) is 22.7. The summed E-state index contributed by atoms with van der Waals surface area (Å²) in [6, 6.07) is 0. The Morgan fingerprint density at radius 1 is 0.943 bits per heavy atom. The Bertz CT molecular complexity index is 989. The topological polar surface area (TPSA) is 87.0 Å². The van der Waals surface area contributed by atoms with E-state index in [9.17, 15) is 20.1 Å². The smallest absolute Gasteiger partial charge is 0.313 e. The van der Waals surface area contributed by atoms with Crippen molar-refractivity contribution in [1.82, 2.24) is 0 Å². The first-order valence-electron chi connectivity index (χ1n) is 14.1. The van der Waals surface area contributed by atoms with Gasteiger partial charge in [-0.3, -0.25) is 4.79 Å². The van der Waals surface area contributed by atoms with Crippen molar-refractivity contribution in [2.75, 3.05) is 0 Å². The third-order valence-corrected chi connectivity index (χ3v) is 13.9. The van der Waals surface area contributed by atoms with E-state index in [1.54, 1.807) is 0 Å². The number of rotatable bonds is 0. The second-order valence-corrected chi connectivity index (χ2v) is 14.9. The zero-order valence-corrected chi connectivity index (χ0v) is 22.7. The van der Waals surface area contributed by atoms with Crippen LogP contribution >= 0.6 is 0 Å². The van der Waals surface area contributed by atoms with Gasteiger partial charge in [0, 0.05) is 16.7 Å². The molecule has 6 rings (SSSR count). The van der Waals surface area contributed by atoms with E-state index in [4.69, 9.17) is 4.74 Å². The molecule has 1 spiro atoms. The Hall–Kier alpha value is -0.910. The molecule has 5 aliphatic carbocycles. The maximum Gasteiger partial charge on any atom is 0.313 e. The highest BCUT2D eigenvalue weighted by Crippen LogP contribution is 2.79. The van der Waals surface area contributed by atoms with Crippen LogP contribution in [0.2, 0.25) is 0 Å². The van der Waals surface area contributed by atoms with E-state index in [1.165, 1.54) is 0 Å². The van der Waals surface area contributed by atoms with Crippen LogP contribution in [0.3, 0.4) is 0 Å². The average molecular weight is 487 g/mol. The van der Waals surface area contributed by atoms with Crippen LogP contribution in [0, 0.1) is 56.7 Å². The van der Waals surface area contributed by atoms with Crippen molar-refractivity contribution in [3.05, 3.63) is 12.2 Å². The van der Waals surface area contributed by atoms with Gasteiger partial charge in [0.2, 0.25) is 0 Å². The van der Waals surface area contributed by atoms with Crippen molar-refractivity contribution in [3.63, 3.8) is 0 Å². The van der Waals surface area contributed by atoms with Gasteiger partial charge in [-0.05, 0) is 79.1 Å². The fraction of sp³-hybridized carbons (Fsp3) is 0.900. The molecule has 0 aromatic carbocycles. The lowest BCUT2D eigenvalue weighted by Crippen LogP contribution is -2.74. The number of carbonyl (C=O) groups excluding carboxylic acids is 1. The number of esters is 1. The van der Waals surface area contributed by atoms with Crippen molar-refractivity contribution in [2.45, 2.75) is 111 Å². The summed E-state index contributed by atoms with van der Waals surface area (Å²) in [7, 11) is 0. The number of hydrogen-bond donors (Lipinski definition) is 3. The average Bonchev–Trinajstić information content (AvgIpc) is 2.98. The fourth-order valence-electron chi connectivity index (χ4n) is 11.4. The largest absolute Gasteiger partial charge is 0.453 e. The summed E-state index contributed by atoms with van der Waals surface area (Å²) in [5.74, 6) is 0.469. The molecule has 5 fully saturated rings. The second-order valence-electron chi connectivity index (χ2n) is 14.9. The van der Waals surface area contributed by atoms with Gasteiger partial charge in [0.15, 0.2) is 0 Å². The number of ether oxygens (including phenoxy) is 1. The quantitative estimate of drug-likeness (QED) is 0.347. The molecule has 6 aliphatic rings. The molecule has 0 radical (unpaired) electrons. The lowest BCUT2D eigenvalue weighted by Gasteiger charge is -2.73. The van der Waals surface area contributed by atoms with Gasteiger partial charge in [-0.25, -0.2) is 0 Å². The normalized spacial score (nSPS) is 62.3. The van der Waals surface area contributed by atoms with Crippen LogP contribution in [0.15, 0.2) is 12.2 Å². The minimum Gasteiger partial charge on any atom is -0.453 e. The molecule has 3 N–H and O–H groups in total. The molecule has 196 valence electrons. The van der Waals surface area contributed by atoms with Crippen LogP contribution in [0.4, 0.5) is 0 Å². The Kier molecular flexibility index (Phi) is 4.71. The van der Waals surface area contributed by atoms with E-state index in [0.29, 0.717) is 12.8 Å². The van der Waals surface area contributed by atoms with Crippen LogP contribution in [0.5, 0.6) is 0 Å². The highest BCUT2D eigenvalue weighted by Gasteiger charge is 2.82. The van der Waals surface area contributed by atoms with Gasteiger partial charge in [-0.15, -0.1) is 0 Å². The highest BCUT2D eigenvalue weighted by molar-refractivity contribution is 5.82. The molecule has 0 unspecified atom stereocenters. The van der Waals surface area contributed by atoms with Crippen molar-refractivity contribution in [2.24, 2.45) is 56.7 Å². The minimum atomic E-state index is -0.755.